The zero-order valence-corrected chi connectivity index (χ0v) is 10.3. The van der Waals surface area contributed by atoms with E-state index < -0.39 is 5.76 Å². The fourth-order valence-corrected chi connectivity index (χ4v) is 2.13. The van der Waals surface area contributed by atoms with E-state index >= 15 is 0 Å². The van der Waals surface area contributed by atoms with Crippen LogP contribution in [0.5, 0.6) is 0 Å². The summed E-state index contributed by atoms with van der Waals surface area (Å²) in [5.74, 6) is -2.41. The first-order valence-electron chi connectivity index (χ1n) is 5.42. The zero-order valence-electron chi connectivity index (χ0n) is 9.51. The Morgan fingerprint density at radius 1 is 1.11 bits per heavy atom. The number of benzene rings is 1. The Hall–Kier alpha value is -1.62. The number of nitrogens with one attached hydrogen (secondary N) is 1. The molecule has 0 atom stereocenters. The molecule has 5 heteroatoms. The average molecular weight is 266 g/mol. The molecule has 0 fully saturated rings. The maximum atomic E-state index is 12.4. The Kier molecular flexibility index (Phi) is 4.52. The van der Waals surface area contributed by atoms with E-state index in [1.165, 1.54) is 0 Å². The second-order valence-corrected chi connectivity index (χ2v) is 4.62. The van der Waals surface area contributed by atoms with Gasteiger partial charge in [0.25, 0.3) is 5.76 Å². The van der Waals surface area contributed by atoms with E-state index in [-0.39, 0.29) is 0 Å². The number of thioether (sulfide) groups is 1. The number of hydrogen-bond acceptors (Lipinski definition) is 3. The van der Waals surface area contributed by atoms with Crippen molar-refractivity contribution in [3.8, 4) is 0 Å². The van der Waals surface area contributed by atoms with E-state index in [2.05, 4.69) is 10.3 Å². The van der Waals surface area contributed by atoms with Gasteiger partial charge in [-0.2, -0.15) is 8.78 Å². The van der Waals surface area contributed by atoms with Gasteiger partial charge in [-0.1, -0.05) is 23.9 Å². The lowest BCUT2D eigenvalue weighted by Gasteiger charge is -2.11. The Balaban J connectivity index is 2.05. The molecule has 1 N–H and O–H groups in total. The van der Waals surface area contributed by atoms with E-state index in [1.54, 1.807) is 30.6 Å². The van der Waals surface area contributed by atoms with E-state index in [9.17, 15) is 8.78 Å². The number of alkyl halides is 2. The second kappa shape index (κ2) is 6.35. The van der Waals surface area contributed by atoms with E-state index in [4.69, 9.17) is 0 Å². The minimum atomic E-state index is -2.41. The number of anilines is 1. The van der Waals surface area contributed by atoms with Crippen LogP contribution >= 0.6 is 11.8 Å². The second-order valence-electron chi connectivity index (χ2n) is 3.58. The summed E-state index contributed by atoms with van der Waals surface area (Å²) < 4.78 is 24.8. The van der Waals surface area contributed by atoms with Crippen LogP contribution in [0.15, 0.2) is 53.7 Å². The quantitative estimate of drug-likeness (QED) is 0.828. The summed E-state index contributed by atoms with van der Waals surface area (Å²) in [6, 6.07) is 10.8. The van der Waals surface area contributed by atoms with Crippen molar-refractivity contribution in [2.24, 2.45) is 0 Å². The molecule has 0 saturated heterocycles. The van der Waals surface area contributed by atoms with Gasteiger partial charge in [-0.15, -0.1) is 0 Å². The van der Waals surface area contributed by atoms with Gasteiger partial charge in [-0.05, 0) is 29.8 Å². The molecule has 1 aromatic carbocycles. The summed E-state index contributed by atoms with van der Waals surface area (Å²) in [7, 11) is 0. The van der Waals surface area contributed by atoms with Gasteiger partial charge < -0.3 is 5.32 Å². The molecule has 0 bridgehead atoms. The van der Waals surface area contributed by atoms with Gasteiger partial charge in [-0.3, -0.25) is 4.98 Å². The summed E-state index contributed by atoms with van der Waals surface area (Å²) in [6.45, 7) is 0.587. The van der Waals surface area contributed by atoms with Crippen molar-refractivity contribution in [1.29, 1.82) is 0 Å². The Morgan fingerprint density at radius 3 is 2.56 bits per heavy atom. The molecule has 0 aliphatic heterocycles. The van der Waals surface area contributed by atoms with Crippen molar-refractivity contribution in [2.75, 3.05) is 5.32 Å². The Labute approximate surface area is 108 Å². The van der Waals surface area contributed by atoms with Crippen LogP contribution in [0, 0.1) is 0 Å². The number of hydrogen-bond donors (Lipinski definition) is 1. The van der Waals surface area contributed by atoms with Gasteiger partial charge in [-0.25, -0.2) is 0 Å². The van der Waals surface area contributed by atoms with Crippen molar-refractivity contribution >= 4 is 17.4 Å². The zero-order chi connectivity index (χ0) is 12.8. The van der Waals surface area contributed by atoms with Crippen LogP contribution in [0.2, 0.25) is 0 Å². The lowest BCUT2D eigenvalue weighted by atomic mass is 10.2. The highest BCUT2D eigenvalue weighted by Crippen LogP contribution is 2.31. The predicted octanol–water partition coefficient (Wildman–Crippen LogP) is 4.01. The third-order valence-electron chi connectivity index (χ3n) is 2.34. The largest absolute Gasteiger partial charge is 0.380 e. The van der Waals surface area contributed by atoms with Crippen LogP contribution in [0.3, 0.4) is 0 Å². The molecule has 94 valence electrons. The number of pyridine rings is 1. The Morgan fingerprint density at radius 2 is 1.83 bits per heavy atom. The first-order valence-corrected chi connectivity index (χ1v) is 6.30. The fraction of sp³-hybridized carbons (Fsp3) is 0.154. The van der Waals surface area contributed by atoms with Gasteiger partial charge in [0.2, 0.25) is 0 Å². The lowest BCUT2D eigenvalue weighted by Crippen LogP contribution is -2.01. The standard InChI is InChI=1S/C13H12F2N2S/c14-13(15)18-12-4-2-1-3-11(12)17-9-10-5-7-16-8-6-10/h1-8,13,17H,9H2. The molecule has 0 unspecified atom stereocenters. The third kappa shape index (κ3) is 3.70. The molecule has 0 aliphatic rings. The highest BCUT2D eigenvalue weighted by molar-refractivity contribution is 7.99. The molecule has 2 rings (SSSR count). The molecule has 1 aromatic heterocycles. The predicted molar refractivity (Wildman–Crippen MR) is 69.9 cm³/mol. The normalized spacial score (nSPS) is 10.6. The monoisotopic (exact) mass is 266 g/mol. The maximum absolute atomic E-state index is 12.4. The SMILES string of the molecule is FC(F)Sc1ccccc1NCc1ccncc1. The maximum Gasteiger partial charge on any atom is 0.288 e. The summed E-state index contributed by atoms with van der Waals surface area (Å²) >= 11 is 0.552. The van der Waals surface area contributed by atoms with Crippen LogP contribution < -0.4 is 5.32 Å². The number of halogens is 2. The molecule has 2 aromatic rings. The highest BCUT2D eigenvalue weighted by Gasteiger charge is 2.09. The minimum Gasteiger partial charge on any atom is -0.380 e. The van der Waals surface area contributed by atoms with Crippen LogP contribution in [0.4, 0.5) is 14.5 Å². The molecular weight excluding hydrogens is 254 g/mol. The van der Waals surface area contributed by atoms with E-state index in [1.807, 2.05) is 18.2 Å². The van der Waals surface area contributed by atoms with Crippen LogP contribution in [-0.4, -0.2) is 10.7 Å². The topological polar surface area (TPSA) is 24.9 Å². The van der Waals surface area contributed by atoms with Crippen molar-refractivity contribution in [2.45, 2.75) is 17.2 Å². The molecule has 0 amide bonds. The van der Waals surface area contributed by atoms with Crippen molar-refractivity contribution in [3.05, 3.63) is 54.4 Å². The molecule has 2 nitrogen and oxygen atoms in total. The van der Waals surface area contributed by atoms with Gasteiger partial charge in [0.15, 0.2) is 0 Å². The number of rotatable bonds is 5. The smallest absolute Gasteiger partial charge is 0.288 e. The molecular formula is C13H12F2N2S. The van der Waals surface area contributed by atoms with Gasteiger partial charge in [0, 0.05) is 29.5 Å². The molecule has 18 heavy (non-hydrogen) atoms. The average Bonchev–Trinajstić information content (AvgIpc) is 2.38. The molecule has 0 spiro atoms. The van der Waals surface area contributed by atoms with Gasteiger partial charge >= 0.3 is 0 Å². The number of nitrogens with zero attached hydrogens (tertiary/aromatic N) is 1. The van der Waals surface area contributed by atoms with E-state index in [0.29, 0.717) is 23.2 Å². The Bertz CT molecular complexity index is 491. The van der Waals surface area contributed by atoms with Crippen molar-refractivity contribution < 1.29 is 8.78 Å². The summed E-state index contributed by atoms with van der Waals surface area (Å²) in [5.41, 5.74) is 1.78. The first kappa shape index (κ1) is 12.8. The third-order valence-corrected chi connectivity index (χ3v) is 3.12. The van der Waals surface area contributed by atoms with Crippen LogP contribution in [0.25, 0.3) is 0 Å². The minimum absolute atomic E-state index is 0.552. The van der Waals surface area contributed by atoms with Crippen molar-refractivity contribution in [3.63, 3.8) is 0 Å². The molecule has 0 radical (unpaired) electrons. The molecule has 0 saturated carbocycles. The van der Waals surface area contributed by atoms with Crippen molar-refractivity contribution in [1.82, 2.24) is 4.98 Å². The molecule has 0 aliphatic carbocycles. The van der Waals surface area contributed by atoms with Crippen LogP contribution in [-0.2, 0) is 6.54 Å². The van der Waals surface area contributed by atoms with Gasteiger partial charge in [0.1, 0.15) is 0 Å². The van der Waals surface area contributed by atoms with Crippen LogP contribution in [0.1, 0.15) is 5.56 Å². The number of para-hydroxylation sites is 1. The summed E-state index contributed by atoms with van der Waals surface area (Å²) in [4.78, 5) is 4.48. The number of aromatic nitrogens is 1. The highest BCUT2D eigenvalue weighted by atomic mass is 32.2. The fourth-order valence-electron chi connectivity index (χ4n) is 1.51. The van der Waals surface area contributed by atoms with E-state index in [0.717, 1.165) is 11.3 Å². The first-order chi connectivity index (χ1) is 8.75. The lowest BCUT2D eigenvalue weighted by molar-refractivity contribution is 0.252. The van der Waals surface area contributed by atoms with Gasteiger partial charge in [0.05, 0.1) is 0 Å². The summed E-state index contributed by atoms with van der Waals surface area (Å²) in [6.07, 6.45) is 3.41. The summed E-state index contributed by atoms with van der Waals surface area (Å²) in [5, 5.41) is 3.15. The molecule has 1 heterocycles.